The summed E-state index contributed by atoms with van der Waals surface area (Å²) in [5.74, 6) is -0.415. The summed E-state index contributed by atoms with van der Waals surface area (Å²) in [4.78, 5) is 22.3. The van der Waals surface area contributed by atoms with Gasteiger partial charge in [0.15, 0.2) is 6.29 Å². The molecule has 0 spiro atoms. The minimum atomic E-state index is -4.76. The Kier molecular flexibility index (Phi) is 3.35. The van der Waals surface area contributed by atoms with Crippen LogP contribution in [-0.4, -0.2) is 16.0 Å². The van der Waals surface area contributed by atoms with E-state index in [1.54, 1.807) is 0 Å². The van der Waals surface area contributed by atoms with Crippen molar-refractivity contribution in [1.29, 1.82) is 0 Å². The zero-order valence-electron chi connectivity index (χ0n) is 9.89. The predicted molar refractivity (Wildman–Crippen MR) is 64.1 cm³/mol. The van der Waals surface area contributed by atoms with Crippen molar-refractivity contribution >= 4 is 6.29 Å². The molecule has 104 valence electrons. The van der Waals surface area contributed by atoms with Crippen LogP contribution in [0.1, 0.15) is 15.9 Å². The van der Waals surface area contributed by atoms with Crippen molar-refractivity contribution in [1.82, 2.24) is 4.57 Å². The second-order valence-corrected chi connectivity index (χ2v) is 3.96. The van der Waals surface area contributed by atoms with Crippen molar-refractivity contribution in [3.8, 4) is 11.4 Å². The molecule has 0 saturated carbocycles. The van der Waals surface area contributed by atoms with Crippen molar-refractivity contribution in [3.05, 3.63) is 58.0 Å². The van der Waals surface area contributed by atoms with E-state index in [2.05, 4.69) is 0 Å². The molecule has 4 nitrogen and oxygen atoms in total. The summed E-state index contributed by atoms with van der Waals surface area (Å²) in [6, 6.07) is 5.29. The van der Waals surface area contributed by atoms with E-state index in [1.807, 2.05) is 0 Å². The Hall–Kier alpha value is -2.57. The van der Waals surface area contributed by atoms with Gasteiger partial charge in [0.2, 0.25) is 0 Å². The molecule has 1 heterocycles. The first-order valence-electron chi connectivity index (χ1n) is 5.42. The molecule has 1 aromatic carbocycles. The fraction of sp³-hybridized carbons (Fsp3) is 0.0769. The summed E-state index contributed by atoms with van der Waals surface area (Å²) in [6.45, 7) is 0. The van der Waals surface area contributed by atoms with E-state index in [0.717, 1.165) is 22.9 Å². The van der Waals surface area contributed by atoms with Crippen LogP contribution in [0.5, 0.6) is 5.75 Å². The highest BCUT2D eigenvalue weighted by Gasteiger charge is 2.34. The van der Waals surface area contributed by atoms with Gasteiger partial charge in [-0.2, -0.15) is 13.2 Å². The van der Waals surface area contributed by atoms with Crippen LogP contribution >= 0.6 is 0 Å². The molecule has 0 saturated heterocycles. The van der Waals surface area contributed by atoms with E-state index in [4.69, 9.17) is 0 Å². The number of phenolic OH excluding ortho intramolecular Hbond substituents is 1. The van der Waals surface area contributed by atoms with Gasteiger partial charge in [-0.05, 0) is 24.3 Å². The number of carbonyl (C=O) groups excluding carboxylic acids is 1. The van der Waals surface area contributed by atoms with E-state index in [9.17, 15) is 27.9 Å². The Labute approximate surface area is 110 Å². The molecular formula is C13H8F3NO3. The Bertz CT molecular complexity index is 720. The standard InChI is InChI=1S/C13H8F3NO3/c14-13(15,16)10-2-1-5-17(12(10)20)9-4-3-8(7-18)11(19)6-9/h1-7,19H. The summed E-state index contributed by atoms with van der Waals surface area (Å²) in [5, 5.41) is 9.50. The van der Waals surface area contributed by atoms with Gasteiger partial charge in [-0.1, -0.05) is 0 Å². The second kappa shape index (κ2) is 4.84. The molecule has 1 aromatic heterocycles. The predicted octanol–water partition coefficient (Wildman–Crippen LogP) is 2.37. The summed E-state index contributed by atoms with van der Waals surface area (Å²) in [6.07, 6.45) is -3.22. The molecule has 0 bridgehead atoms. The molecule has 20 heavy (non-hydrogen) atoms. The van der Waals surface area contributed by atoms with Crippen LogP contribution in [0.15, 0.2) is 41.3 Å². The number of nitrogens with zero attached hydrogens (tertiary/aromatic N) is 1. The van der Waals surface area contributed by atoms with Crippen molar-refractivity contribution in [2.45, 2.75) is 6.18 Å². The lowest BCUT2D eigenvalue weighted by molar-refractivity contribution is -0.138. The Morgan fingerprint density at radius 3 is 2.45 bits per heavy atom. The third kappa shape index (κ3) is 2.42. The van der Waals surface area contributed by atoms with Crippen LogP contribution in [0.3, 0.4) is 0 Å². The summed E-state index contributed by atoms with van der Waals surface area (Å²) >= 11 is 0. The smallest absolute Gasteiger partial charge is 0.421 e. The third-order valence-electron chi connectivity index (χ3n) is 2.67. The summed E-state index contributed by atoms with van der Waals surface area (Å²) in [7, 11) is 0. The van der Waals surface area contributed by atoms with Crippen LogP contribution in [0.2, 0.25) is 0 Å². The second-order valence-electron chi connectivity index (χ2n) is 3.96. The average molecular weight is 283 g/mol. The number of aromatic hydroxyl groups is 1. The minimum absolute atomic E-state index is 0.0197. The maximum atomic E-state index is 12.6. The molecule has 0 atom stereocenters. The normalized spacial score (nSPS) is 11.3. The van der Waals surface area contributed by atoms with Crippen LogP contribution in [0.4, 0.5) is 13.2 Å². The van der Waals surface area contributed by atoms with Crippen LogP contribution < -0.4 is 5.56 Å². The first-order valence-corrected chi connectivity index (χ1v) is 5.42. The van der Waals surface area contributed by atoms with Gasteiger partial charge in [0.25, 0.3) is 5.56 Å². The molecular weight excluding hydrogens is 275 g/mol. The highest BCUT2D eigenvalue weighted by molar-refractivity contribution is 5.79. The quantitative estimate of drug-likeness (QED) is 0.861. The minimum Gasteiger partial charge on any atom is -0.507 e. The molecule has 0 amide bonds. The summed E-state index contributed by atoms with van der Waals surface area (Å²) < 4.78 is 38.6. The first-order chi connectivity index (χ1) is 9.34. The Balaban J connectivity index is 2.63. The van der Waals surface area contributed by atoms with E-state index < -0.39 is 23.0 Å². The number of pyridine rings is 1. The number of halogens is 3. The Morgan fingerprint density at radius 2 is 1.90 bits per heavy atom. The lowest BCUT2D eigenvalue weighted by Crippen LogP contribution is -2.26. The lowest BCUT2D eigenvalue weighted by Gasteiger charge is -2.11. The molecule has 2 aromatic rings. The fourth-order valence-electron chi connectivity index (χ4n) is 1.69. The summed E-state index contributed by atoms with van der Waals surface area (Å²) in [5.41, 5.74) is -2.55. The number of hydrogen-bond donors (Lipinski definition) is 1. The number of rotatable bonds is 2. The number of aromatic nitrogens is 1. The maximum absolute atomic E-state index is 12.6. The maximum Gasteiger partial charge on any atom is 0.421 e. The number of phenols is 1. The highest BCUT2D eigenvalue weighted by Crippen LogP contribution is 2.26. The van der Waals surface area contributed by atoms with Gasteiger partial charge in [0.1, 0.15) is 11.3 Å². The molecule has 0 aliphatic heterocycles. The van der Waals surface area contributed by atoms with Gasteiger partial charge >= 0.3 is 6.18 Å². The van der Waals surface area contributed by atoms with Crippen LogP contribution in [0, 0.1) is 0 Å². The number of carbonyl (C=O) groups is 1. The van der Waals surface area contributed by atoms with Gasteiger partial charge < -0.3 is 5.11 Å². The van der Waals surface area contributed by atoms with E-state index in [0.29, 0.717) is 12.4 Å². The number of benzene rings is 1. The van der Waals surface area contributed by atoms with E-state index >= 15 is 0 Å². The fourth-order valence-corrected chi connectivity index (χ4v) is 1.69. The van der Waals surface area contributed by atoms with Gasteiger partial charge in [0, 0.05) is 12.3 Å². The number of alkyl halides is 3. The van der Waals surface area contributed by atoms with Crippen molar-refractivity contribution < 1.29 is 23.1 Å². The van der Waals surface area contributed by atoms with Crippen LogP contribution in [-0.2, 0) is 6.18 Å². The third-order valence-corrected chi connectivity index (χ3v) is 2.67. The average Bonchev–Trinajstić information content (AvgIpc) is 2.37. The first kappa shape index (κ1) is 13.9. The van der Waals surface area contributed by atoms with Crippen molar-refractivity contribution in [3.63, 3.8) is 0 Å². The zero-order valence-corrected chi connectivity index (χ0v) is 9.89. The van der Waals surface area contributed by atoms with E-state index in [1.165, 1.54) is 12.1 Å². The van der Waals surface area contributed by atoms with E-state index in [-0.39, 0.29) is 11.3 Å². The highest BCUT2D eigenvalue weighted by atomic mass is 19.4. The molecule has 1 N–H and O–H groups in total. The number of aldehydes is 1. The molecule has 0 fully saturated rings. The van der Waals surface area contributed by atoms with Crippen molar-refractivity contribution in [2.24, 2.45) is 0 Å². The molecule has 0 aliphatic rings. The monoisotopic (exact) mass is 283 g/mol. The van der Waals surface area contributed by atoms with Gasteiger partial charge in [-0.25, -0.2) is 0 Å². The van der Waals surface area contributed by atoms with Gasteiger partial charge in [0.05, 0.1) is 11.3 Å². The van der Waals surface area contributed by atoms with Gasteiger partial charge in [-0.3, -0.25) is 14.2 Å². The van der Waals surface area contributed by atoms with Crippen molar-refractivity contribution in [2.75, 3.05) is 0 Å². The zero-order chi connectivity index (χ0) is 14.9. The van der Waals surface area contributed by atoms with Crippen LogP contribution in [0.25, 0.3) is 5.69 Å². The van der Waals surface area contributed by atoms with Gasteiger partial charge in [-0.15, -0.1) is 0 Å². The number of hydrogen-bond acceptors (Lipinski definition) is 3. The molecule has 7 heteroatoms. The topological polar surface area (TPSA) is 59.3 Å². The SMILES string of the molecule is O=Cc1ccc(-n2cccc(C(F)(F)F)c2=O)cc1O. The largest absolute Gasteiger partial charge is 0.507 e. The Morgan fingerprint density at radius 1 is 1.20 bits per heavy atom. The molecule has 0 radical (unpaired) electrons. The molecule has 0 aliphatic carbocycles. The molecule has 2 rings (SSSR count). The molecule has 0 unspecified atom stereocenters. The lowest BCUT2D eigenvalue weighted by atomic mass is 10.2.